The second kappa shape index (κ2) is 5.85. The number of aliphatic carboxylic acids is 1. The van der Waals surface area contributed by atoms with Crippen LogP contribution in [0.25, 0.3) is 10.8 Å². The largest absolute Gasteiger partial charge is 0.481 e. The van der Waals surface area contributed by atoms with E-state index in [-0.39, 0.29) is 12.3 Å². The molecule has 0 saturated carbocycles. The Bertz CT molecular complexity index is 572. The number of fused-ring (bicyclic) bond motifs is 1. The molecule has 0 amide bonds. The van der Waals surface area contributed by atoms with Crippen molar-refractivity contribution in [3.05, 3.63) is 48.0 Å². The monoisotopic (exact) mass is 258 g/mol. The molecule has 100 valence electrons. The highest BCUT2D eigenvalue weighted by Gasteiger charge is 2.16. The average Bonchev–Trinajstić information content (AvgIpc) is 2.36. The number of carboxylic acid groups (broad SMARTS) is 1. The summed E-state index contributed by atoms with van der Waals surface area (Å²) in [5.74, 6) is -0.871. The van der Waals surface area contributed by atoms with Crippen LogP contribution in [-0.2, 0) is 4.79 Å². The standard InChI is InChI=1S/C16H18O3/c1-11(10-16(18)19)9-15(17)14-8-4-6-12-5-2-3-7-13(12)14/h2-8,11,15,17H,9-10H2,1H3,(H,18,19). The Labute approximate surface area is 112 Å². The van der Waals surface area contributed by atoms with E-state index in [2.05, 4.69) is 0 Å². The smallest absolute Gasteiger partial charge is 0.303 e. The highest BCUT2D eigenvalue weighted by molar-refractivity contribution is 5.85. The zero-order valence-electron chi connectivity index (χ0n) is 10.9. The molecule has 3 nitrogen and oxygen atoms in total. The van der Waals surface area contributed by atoms with Crippen molar-refractivity contribution in [2.75, 3.05) is 0 Å². The lowest BCUT2D eigenvalue weighted by molar-refractivity contribution is -0.138. The summed E-state index contributed by atoms with van der Waals surface area (Å²) >= 11 is 0. The zero-order chi connectivity index (χ0) is 13.8. The first-order valence-electron chi connectivity index (χ1n) is 6.45. The molecule has 0 spiro atoms. The molecule has 0 aliphatic heterocycles. The number of rotatable bonds is 5. The lowest BCUT2D eigenvalue weighted by atomic mass is 9.93. The molecule has 0 aliphatic carbocycles. The number of aliphatic hydroxyl groups is 1. The molecule has 2 unspecified atom stereocenters. The summed E-state index contributed by atoms with van der Waals surface area (Å²) in [7, 11) is 0. The van der Waals surface area contributed by atoms with E-state index in [1.54, 1.807) is 0 Å². The van der Waals surface area contributed by atoms with Crippen LogP contribution in [0.3, 0.4) is 0 Å². The maximum absolute atomic E-state index is 10.7. The van der Waals surface area contributed by atoms with Crippen molar-refractivity contribution in [1.82, 2.24) is 0 Å². The molecular weight excluding hydrogens is 240 g/mol. The fourth-order valence-electron chi connectivity index (χ4n) is 2.43. The van der Waals surface area contributed by atoms with Gasteiger partial charge in [0.2, 0.25) is 0 Å². The van der Waals surface area contributed by atoms with Crippen molar-refractivity contribution in [1.29, 1.82) is 0 Å². The van der Waals surface area contributed by atoms with Crippen LogP contribution in [-0.4, -0.2) is 16.2 Å². The normalized spacial score (nSPS) is 14.2. The van der Waals surface area contributed by atoms with Gasteiger partial charge in [-0.3, -0.25) is 4.79 Å². The van der Waals surface area contributed by atoms with Gasteiger partial charge in [-0.05, 0) is 28.7 Å². The van der Waals surface area contributed by atoms with Gasteiger partial charge in [0.25, 0.3) is 0 Å². The Morgan fingerprint density at radius 2 is 1.84 bits per heavy atom. The van der Waals surface area contributed by atoms with Crippen molar-refractivity contribution >= 4 is 16.7 Å². The number of carbonyl (C=O) groups is 1. The molecule has 2 aromatic rings. The Kier molecular flexibility index (Phi) is 4.17. The first kappa shape index (κ1) is 13.6. The summed E-state index contributed by atoms with van der Waals surface area (Å²) in [6.45, 7) is 1.85. The van der Waals surface area contributed by atoms with Gasteiger partial charge in [-0.1, -0.05) is 49.4 Å². The Morgan fingerprint density at radius 1 is 1.16 bits per heavy atom. The molecule has 0 bridgehead atoms. The number of hydrogen-bond donors (Lipinski definition) is 2. The SMILES string of the molecule is CC(CC(=O)O)CC(O)c1cccc2ccccc12. The van der Waals surface area contributed by atoms with Gasteiger partial charge in [0.05, 0.1) is 6.10 Å². The third-order valence-electron chi connectivity index (χ3n) is 3.33. The molecule has 2 atom stereocenters. The third-order valence-corrected chi connectivity index (χ3v) is 3.33. The maximum Gasteiger partial charge on any atom is 0.303 e. The number of benzene rings is 2. The topological polar surface area (TPSA) is 57.5 Å². The molecular formula is C16H18O3. The van der Waals surface area contributed by atoms with Gasteiger partial charge >= 0.3 is 5.97 Å². The van der Waals surface area contributed by atoms with Crippen molar-refractivity contribution < 1.29 is 15.0 Å². The minimum Gasteiger partial charge on any atom is -0.481 e. The van der Waals surface area contributed by atoms with E-state index in [1.807, 2.05) is 49.4 Å². The van der Waals surface area contributed by atoms with E-state index >= 15 is 0 Å². The van der Waals surface area contributed by atoms with Crippen molar-refractivity contribution in [3.63, 3.8) is 0 Å². The highest BCUT2D eigenvalue weighted by Crippen LogP contribution is 2.29. The minimum atomic E-state index is -0.822. The third kappa shape index (κ3) is 3.32. The van der Waals surface area contributed by atoms with E-state index in [4.69, 9.17) is 5.11 Å². The predicted molar refractivity (Wildman–Crippen MR) is 74.9 cm³/mol. The molecule has 0 saturated heterocycles. The zero-order valence-corrected chi connectivity index (χ0v) is 10.9. The summed E-state index contributed by atoms with van der Waals surface area (Å²) in [6, 6.07) is 13.7. The van der Waals surface area contributed by atoms with Crippen LogP contribution in [0.1, 0.15) is 31.4 Å². The van der Waals surface area contributed by atoms with E-state index in [0.29, 0.717) is 6.42 Å². The maximum atomic E-state index is 10.7. The van der Waals surface area contributed by atoms with Gasteiger partial charge in [-0.15, -0.1) is 0 Å². The van der Waals surface area contributed by atoms with Crippen LogP contribution in [0.15, 0.2) is 42.5 Å². The summed E-state index contributed by atoms with van der Waals surface area (Å²) < 4.78 is 0. The molecule has 2 rings (SSSR count). The van der Waals surface area contributed by atoms with E-state index in [9.17, 15) is 9.90 Å². The van der Waals surface area contributed by atoms with Gasteiger partial charge in [-0.2, -0.15) is 0 Å². The van der Waals surface area contributed by atoms with E-state index in [0.717, 1.165) is 16.3 Å². The first-order valence-corrected chi connectivity index (χ1v) is 6.45. The Hall–Kier alpha value is -1.87. The van der Waals surface area contributed by atoms with Gasteiger partial charge < -0.3 is 10.2 Å². The van der Waals surface area contributed by atoms with Crippen LogP contribution < -0.4 is 0 Å². The molecule has 19 heavy (non-hydrogen) atoms. The second-order valence-electron chi connectivity index (χ2n) is 5.02. The first-order chi connectivity index (χ1) is 9.08. The van der Waals surface area contributed by atoms with Crippen LogP contribution in [0.2, 0.25) is 0 Å². The fraction of sp³-hybridized carbons (Fsp3) is 0.312. The van der Waals surface area contributed by atoms with Crippen LogP contribution in [0.4, 0.5) is 0 Å². The van der Waals surface area contributed by atoms with Gasteiger partial charge in [0, 0.05) is 6.42 Å². The van der Waals surface area contributed by atoms with Crippen molar-refractivity contribution in [2.24, 2.45) is 5.92 Å². The molecule has 0 fully saturated rings. The highest BCUT2D eigenvalue weighted by atomic mass is 16.4. The van der Waals surface area contributed by atoms with Crippen molar-refractivity contribution in [2.45, 2.75) is 25.9 Å². The Balaban J connectivity index is 2.21. The Morgan fingerprint density at radius 3 is 2.58 bits per heavy atom. The van der Waals surface area contributed by atoms with Gasteiger partial charge in [0.15, 0.2) is 0 Å². The number of hydrogen-bond acceptors (Lipinski definition) is 2. The van der Waals surface area contributed by atoms with Crippen LogP contribution in [0, 0.1) is 5.92 Å². The molecule has 2 N–H and O–H groups in total. The molecule has 0 aromatic heterocycles. The quantitative estimate of drug-likeness (QED) is 0.864. The summed E-state index contributed by atoms with van der Waals surface area (Å²) in [5, 5.41) is 21.2. The van der Waals surface area contributed by atoms with E-state index < -0.39 is 12.1 Å². The van der Waals surface area contributed by atoms with Gasteiger partial charge in [-0.25, -0.2) is 0 Å². The van der Waals surface area contributed by atoms with Crippen LogP contribution in [0.5, 0.6) is 0 Å². The van der Waals surface area contributed by atoms with Gasteiger partial charge in [0.1, 0.15) is 0 Å². The molecule has 2 aromatic carbocycles. The number of aliphatic hydroxyl groups excluding tert-OH is 1. The second-order valence-corrected chi connectivity index (χ2v) is 5.02. The summed E-state index contributed by atoms with van der Waals surface area (Å²) in [6.07, 6.45) is -0.0808. The fourth-order valence-corrected chi connectivity index (χ4v) is 2.43. The molecule has 3 heteroatoms. The molecule has 0 radical (unpaired) electrons. The lowest BCUT2D eigenvalue weighted by Crippen LogP contribution is -2.09. The molecule has 0 aliphatic rings. The minimum absolute atomic E-state index is 0.0496. The summed E-state index contributed by atoms with van der Waals surface area (Å²) in [4.78, 5) is 10.7. The average molecular weight is 258 g/mol. The summed E-state index contributed by atoms with van der Waals surface area (Å²) in [5.41, 5.74) is 0.871. The predicted octanol–water partition coefficient (Wildman–Crippen LogP) is 3.37. The van der Waals surface area contributed by atoms with E-state index in [1.165, 1.54) is 0 Å². The number of carboxylic acids is 1. The lowest BCUT2D eigenvalue weighted by Gasteiger charge is -2.17. The van der Waals surface area contributed by atoms with Crippen LogP contribution >= 0.6 is 0 Å². The molecule has 0 heterocycles. The van der Waals surface area contributed by atoms with Crippen molar-refractivity contribution in [3.8, 4) is 0 Å².